The number of ether oxygens (including phenoxy) is 1. The minimum Gasteiger partial charge on any atom is -0.496 e. The van der Waals surface area contributed by atoms with Crippen molar-refractivity contribution in [3.8, 4) is 5.75 Å². The molecule has 1 amide bonds. The van der Waals surface area contributed by atoms with Gasteiger partial charge in [-0.2, -0.15) is 0 Å². The van der Waals surface area contributed by atoms with Gasteiger partial charge in [-0.3, -0.25) is 4.79 Å². The quantitative estimate of drug-likeness (QED) is 0.719. The standard InChI is InChI=1S/C19H20BrNO4S/c1-25-18-8-3-2-7-17(18)19(22)21(16-9-10-26(23,24)13-16)12-14-5-4-6-15(20)11-14/h2-8,11,16H,9-10,12-13H2,1H3/t16-/m1/s1. The molecule has 26 heavy (non-hydrogen) atoms. The zero-order valence-electron chi connectivity index (χ0n) is 14.4. The molecule has 0 radical (unpaired) electrons. The van der Waals surface area contributed by atoms with Crippen LogP contribution < -0.4 is 4.74 Å². The van der Waals surface area contributed by atoms with Crippen LogP contribution in [0, 0.1) is 0 Å². The minimum absolute atomic E-state index is 0.00188. The third kappa shape index (κ3) is 4.27. The molecular formula is C19H20BrNO4S. The molecule has 0 aromatic heterocycles. The first kappa shape index (κ1) is 18.9. The molecule has 0 bridgehead atoms. The largest absolute Gasteiger partial charge is 0.496 e. The Kier molecular flexibility index (Phi) is 5.67. The number of methoxy groups -OCH3 is 1. The number of halogens is 1. The molecule has 1 atom stereocenters. The van der Waals surface area contributed by atoms with Crippen molar-refractivity contribution in [3.63, 3.8) is 0 Å². The molecule has 1 fully saturated rings. The van der Waals surface area contributed by atoms with Crippen LogP contribution in [0.5, 0.6) is 5.75 Å². The molecule has 0 spiro atoms. The number of rotatable bonds is 5. The second kappa shape index (κ2) is 7.80. The van der Waals surface area contributed by atoms with Gasteiger partial charge in [-0.1, -0.05) is 40.2 Å². The molecule has 1 heterocycles. The SMILES string of the molecule is COc1ccccc1C(=O)N(Cc1cccc(Br)c1)[C@@H]1CCS(=O)(=O)C1. The highest BCUT2D eigenvalue weighted by Crippen LogP contribution is 2.26. The van der Waals surface area contributed by atoms with Gasteiger partial charge in [0.15, 0.2) is 9.84 Å². The third-order valence-electron chi connectivity index (χ3n) is 4.49. The highest BCUT2D eigenvalue weighted by atomic mass is 79.9. The topological polar surface area (TPSA) is 63.7 Å². The lowest BCUT2D eigenvalue weighted by Gasteiger charge is -2.29. The first-order valence-corrected chi connectivity index (χ1v) is 10.9. The van der Waals surface area contributed by atoms with E-state index < -0.39 is 9.84 Å². The van der Waals surface area contributed by atoms with E-state index in [1.165, 1.54) is 7.11 Å². The predicted octanol–water partition coefficient (Wildman–Crippen LogP) is 3.29. The van der Waals surface area contributed by atoms with Gasteiger partial charge in [0.05, 0.1) is 24.2 Å². The second-order valence-electron chi connectivity index (χ2n) is 6.32. The summed E-state index contributed by atoms with van der Waals surface area (Å²) in [5.41, 5.74) is 1.38. The number of hydrogen-bond acceptors (Lipinski definition) is 4. The number of para-hydroxylation sites is 1. The van der Waals surface area contributed by atoms with Gasteiger partial charge >= 0.3 is 0 Å². The van der Waals surface area contributed by atoms with Gasteiger partial charge in [-0.15, -0.1) is 0 Å². The molecular weight excluding hydrogens is 418 g/mol. The lowest BCUT2D eigenvalue weighted by atomic mass is 10.1. The number of carbonyl (C=O) groups excluding carboxylic acids is 1. The Morgan fingerprint density at radius 2 is 2.00 bits per heavy atom. The summed E-state index contributed by atoms with van der Waals surface area (Å²) >= 11 is 3.44. The summed E-state index contributed by atoms with van der Waals surface area (Å²) < 4.78 is 30.2. The van der Waals surface area contributed by atoms with E-state index in [4.69, 9.17) is 4.74 Å². The molecule has 7 heteroatoms. The molecule has 138 valence electrons. The Labute approximate surface area is 162 Å². The summed E-state index contributed by atoms with van der Waals surface area (Å²) in [6.07, 6.45) is 0.456. The monoisotopic (exact) mass is 437 g/mol. The average molecular weight is 438 g/mol. The molecule has 2 aromatic carbocycles. The van der Waals surface area contributed by atoms with E-state index in [0.717, 1.165) is 10.0 Å². The molecule has 0 unspecified atom stereocenters. The molecule has 0 saturated carbocycles. The van der Waals surface area contributed by atoms with E-state index in [-0.39, 0.29) is 23.5 Å². The third-order valence-corrected chi connectivity index (χ3v) is 6.73. The first-order valence-electron chi connectivity index (χ1n) is 8.28. The van der Waals surface area contributed by atoms with Gasteiger partial charge in [0.1, 0.15) is 5.75 Å². The van der Waals surface area contributed by atoms with Crippen LogP contribution in [0.2, 0.25) is 0 Å². The Morgan fingerprint density at radius 1 is 1.23 bits per heavy atom. The fourth-order valence-electron chi connectivity index (χ4n) is 3.20. The van der Waals surface area contributed by atoms with Gasteiger partial charge in [-0.25, -0.2) is 8.42 Å². The van der Waals surface area contributed by atoms with Crippen molar-refractivity contribution in [2.24, 2.45) is 0 Å². The van der Waals surface area contributed by atoms with E-state index in [1.54, 1.807) is 29.2 Å². The van der Waals surface area contributed by atoms with Gasteiger partial charge in [0.25, 0.3) is 5.91 Å². The van der Waals surface area contributed by atoms with E-state index in [1.807, 2.05) is 24.3 Å². The Morgan fingerprint density at radius 3 is 2.65 bits per heavy atom. The maximum absolute atomic E-state index is 13.3. The van der Waals surface area contributed by atoms with E-state index >= 15 is 0 Å². The van der Waals surface area contributed by atoms with Crippen LogP contribution in [0.4, 0.5) is 0 Å². The van der Waals surface area contributed by atoms with Gasteiger partial charge in [-0.05, 0) is 36.2 Å². The maximum Gasteiger partial charge on any atom is 0.258 e. The fourth-order valence-corrected chi connectivity index (χ4v) is 5.37. The van der Waals surface area contributed by atoms with Crippen LogP contribution in [-0.4, -0.2) is 43.9 Å². The van der Waals surface area contributed by atoms with Crippen molar-refractivity contribution >= 4 is 31.7 Å². The van der Waals surface area contributed by atoms with Crippen molar-refractivity contribution in [3.05, 3.63) is 64.1 Å². The maximum atomic E-state index is 13.3. The smallest absolute Gasteiger partial charge is 0.258 e. The van der Waals surface area contributed by atoms with Crippen LogP contribution in [0.3, 0.4) is 0 Å². The highest BCUT2D eigenvalue weighted by Gasteiger charge is 2.35. The van der Waals surface area contributed by atoms with Crippen LogP contribution >= 0.6 is 15.9 Å². The van der Waals surface area contributed by atoms with Crippen LogP contribution in [0.25, 0.3) is 0 Å². The molecule has 3 rings (SSSR count). The minimum atomic E-state index is -3.11. The lowest BCUT2D eigenvalue weighted by Crippen LogP contribution is -2.40. The second-order valence-corrected chi connectivity index (χ2v) is 9.46. The average Bonchev–Trinajstić information content (AvgIpc) is 2.98. The van der Waals surface area contributed by atoms with Crippen molar-refractivity contribution in [1.82, 2.24) is 4.90 Å². The van der Waals surface area contributed by atoms with E-state index in [2.05, 4.69) is 15.9 Å². The summed E-state index contributed by atoms with van der Waals surface area (Å²) in [6.45, 7) is 0.344. The van der Waals surface area contributed by atoms with Crippen molar-refractivity contribution in [2.75, 3.05) is 18.6 Å². The number of nitrogens with zero attached hydrogens (tertiary/aromatic N) is 1. The van der Waals surface area contributed by atoms with E-state index in [0.29, 0.717) is 24.3 Å². The van der Waals surface area contributed by atoms with Crippen LogP contribution in [0.1, 0.15) is 22.3 Å². The van der Waals surface area contributed by atoms with Crippen LogP contribution in [-0.2, 0) is 16.4 Å². The fraction of sp³-hybridized carbons (Fsp3) is 0.316. The molecule has 1 aliphatic heterocycles. The summed E-state index contributed by atoms with van der Waals surface area (Å²) in [4.78, 5) is 14.9. The van der Waals surface area contributed by atoms with Gasteiger partial charge in [0, 0.05) is 17.1 Å². The molecule has 0 N–H and O–H groups in total. The van der Waals surface area contributed by atoms with Crippen molar-refractivity contribution in [2.45, 2.75) is 19.0 Å². The number of hydrogen-bond donors (Lipinski definition) is 0. The first-order chi connectivity index (χ1) is 12.4. The summed E-state index contributed by atoms with van der Waals surface area (Å²) in [5.74, 6) is 0.385. The molecule has 1 saturated heterocycles. The summed E-state index contributed by atoms with van der Waals surface area (Å²) in [6, 6.07) is 14.4. The predicted molar refractivity (Wildman–Crippen MR) is 104 cm³/mol. The van der Waals surface area contributed by atoms with Gasteiger partial charge in [0.2, 0.25) is 0 Å². The van der Waals surface area contributed by atoms with Crippen molar-refractivity contribution < 1.29 is 17.9 Å². The highest BCUT2D eigenvalue weighted by molar-refractivity contribution is 9.10. The number of benzene rings is 2. The summed E-state index contributed by atoms with van der Waals surface area (Å²) in [5, 5.41) is 0. The number of amides is 1. The molecule has 1 aliphatic rings. The van der Waals surface area contributed by atoms with Crippen molar-refractivity contribution in [1.29, 1.82) is 0 Å². The Hall–Kier alpha value is -1.86. The van der Waals surface area contributed by atoms with E-state index in [9.17, 15) is 13.2 Å². The Balaban J connectivity index is 1.95. The summed E-state index contributed by atoms with van der Waals surface area (Å²) in [7, 11) is -1.59. The Bertz CT molecular complexity index is 913. The normalized spacial score (nSPS) is 18.5. The molecule has 2 aromatic rings. The lowest BCUT2D eigenvalue weighted by molar-refractivity contribution is 0.0677. The molecule has 5 nitrogen and oxygen atoms in total. The zero-order valence-corrected chi connectivity index (χ0v) is 16.8. The van der Waals surface area contributed by atoms with Crippen LogP contribution in [0.15, 0.2) is 53.0 Å². The number of sulfone groups is 1. The molecule has 0 aliphatic carbocycles. The number of carbonyl (C=O) groups is 1. The van der Waals surface area contributed by atoms with Gasteiger partial charge < -0.3 is 9.64 Å². The zero-order chi connectivity index (χ0) is 18.7.